The second-order valence-corrected chi connectivity index (χ2v) is 4.78. The molecule has 1 N–H and O–H groups in total. The number of hydrogen-bond acceptors (Lipinski definition) is 3. The largest absolute Gasteiger partial charge is 0.484 e. The first-order valence-electron chi connectivity index (χ1n) is 6.24. The Balaban J connectivity index is 2.38. The van der Waals surface area contributed by atoms with Crippen LogP contribution in [-0.2, 0) is 4.79 Å². The Morgan fingerprint density at radius 2 is 2.05 bits per heavy atom. The third kappa shape index (κ3) is 5.75. The molecule has 5 heteroatoms. The van der Waals surface area contributed by atoms with Gasteiger partial charge in [0.2, 0.25) is 0 Å². The van der Waals surface area contributed by atoms with Crippen molar-refractivity contribution in [3.05, 3.63) is 29.3 Å². The van der Waals surface area contributed by atoms with E-state index in [1.807, 2.05) is 6.92 Å². The second kappa shape index (κ2) is 7.79. The molecule has 19 heavy (non-hydrogen) atoms. The number of rotatable bonds is 6. The Kier molecular flexibility index (Phi) is 6.36. The lowest BCUT2D eigenvalue weighted by Gasteiger charge is -2.08. The fourth-order valence-corrected chi connectivity index (χ4v) is 1.39. The summed E-state index contributed by atoms with van der Waals surface area (Å²) in [6.45, 7) is 5.97. The molecule has 0 radical (unpaired) electrons. The average Bonchev–Trinajstić information content (AvgIpc) is 2.43. The molecule has 0 aliphatic heterocycles. The molecule has 1 aromatic rings. The van der Waals surface area contributed by atoms with E-state index < -0.39 is 0 Å². The van der Waals surface area contributed by atoms with Crippen LogP contribution < -0.4 is 10.2 Å². The summed E-state index contributed by atoms with van der Waals surface area (Å²) in [5.41, 5.74) is 3.38. The van der Waals surface area contributed by atoms with Crippen LogP contribution in [0.5, 0.6) is 5.75 Å². The molecule has 1 rings (SSSR count). The molecule has 0 aliphatic carbocycles. The van der Waals surface area contributed by atoms with Gasteiger partial charge in [0.15, 0.2) is 6.61 Å². The highest BCUT2D eigenvalue weighted by Gasteiger charge is 2.05. The van der Waals surface area contributed by atoms with Crippen LogP contribution >= 0.6 is 11.6 Å². The number of ether oxygens (including phenoxy) is 1. The number of carbonyl (C=O) groups excluding carboxylic acids is 1. The van der Waals surface area contributed by atoms with Crippen LogP contribution in [0.2, 0.25) is 5.02 Å². The van der Waals surface area contributed by atoms with Gasteiger partial charge >= 0.3 is 0 Å². The van der Waals surface area contributed by atoms with E-state index in [9.17, 15) is 4.79 Å². The maximum atomic E-state index is 11.5. The monoisotopic (exact) mass is 282 g/mol. The summed E-state index contributed by atoms with van der Waals surface area (Å²) >= 11 is 5.75. The summed E-state index contributed by atoms with van der Waals surface area (Å²) < 4.78 is 5.30. The number of nitrogens with zero attached hydrogens (tertiary/aromatic N) is 1. The second-order valence-electron chi connectivity index (χ2n) is 4.34. The standard InChI is InChI=1S/C14H19ClN2O2/c1-4-10(2)11(3)16-17-14(18)9-19-13-7-5-12(15)6-8-13/h5-8,10H,4,9H2,1-3H3,(H,17,18)/b16-11-/t10-/m1/s1. The number of halogens is 1. The maximum absolute atomic E-state index is 11.5. The molecule has 0 bridgehead atoms. The van der Waals surface area contributed by atoms with Crippen LogP contribution in [0, 0.1) is 5.92 Å². The van der Waals surface area contributed by atoms with Gasteiger partial charge in [0.1, 0.15) is 5.75 Å². The van der Waals surface area contributed by atoms with E-state index in [1.165, 1.54) is 0 Å². The molecule has 1 atom stereocenters. The van der Waals surface area contributed by atoms with Crippen LogP contribution in [0.25, 0.3) is 0 Å². The summed E-state index contributed by atoms with van der Waals surface area (Å²) in [5.74, 6) is 0.678. The summed E-state index contributed by atoms with van der Waals surface area (Å²) in [7, 11) is 0. The van der Waals surface area contributed by atoms with Crippen LogP contribution in [0.3, 0.4) is 0 Å². The molecule has 4 nitrogen and oxygen atoms in total. The minimum absolute atomic E-state index is 0.0705. The molecule has 0 saturated heterocycles. The van der Waals surface area contributed by atoms with Gasteiger partial charge in [-0.15, -0.1) is 0 Å². The van der Waals surface area contributed by atoms with Crippen molar-refractivity contribution < 1.29 is 9.53 Å². The average molecular weight is 283 g/mol. The molecule has 1 amide bonds. The van der Waals surface area contributed by atoms with Gasteiger partial charge in [0.05, 0.1) is 0 Å². The van der Waals surface area contributed by atoms with Crippen LogP contribution in [0.1, 0.15) is 27.2 Å². The molecule has 1 aromatic carbocycles. The van der Waals surface area contributed by atoms with Crippen molar-refractivity contribution in [3.63, 3.8) is 0 Å². The zero-order valence-electron chi connectivity index (χ0n) is 11.4. The van der Waals surface area contributed by atoms with Crippen molar-refractivity contribution in [3.8, 4) is 5.75 Å². The topological polar surface area (TPSA) is 50.7 Å². The van der Waals surface area contributed by atoms with Crippen LogP contribution in [0.4, 0.5) is 0 Å². The molecule has 0 spiro atoms. The Hall–Kier alpha value is -1.55. The zero-order valence-corrected chi connectivity index (χ0v) is 12.2. The fourth-order valence-electron chi connectivity index (χ4n) is 1.27. The molecule has 0 aliphatic rings. The number of nitrogens with one attached hydrogen (secondary N) is 1. The van der Waals surface area contributed by atoms with E-state index in [1.54, 1.807) is 24.3 Å². The van der Waals surface area contributed by atoms with Gasteiger partial charge in [-0.1, -0.05) is 25.4 Å². The molecular formula is C14H19ClN2O2. The van der Waals surface area contributed by atoms with Crippen molar-refractivity contribution in [2.24, 2.45) is 11.0 Å². The molecule has 104 valence electrons. The highest BCUT2D eigenvalue weighted by Crippen LogP contribution is 2.15. The summed E-state index contributed by atoms with van der Waals surface area (Å²) in [4.78, 5) is 11.5. The third-order valence-electron chi connectivity index (χ3n) is 2.87. The molecular weight excluding hydrogens is 264 g/mol. The van der Waals surface area contributed by atoms with Gasteiger partial charge in [-0.25, -0.2) is 5.43 Å². The van der Waals surface area contributed by atoms with E-state index >= 15 is 0 Å². The molecule has 0 heterocycles. The number of hydrazone groups is 1. The zero-order chi connectivity index (χ0) is 14.3. The quantitative estimate of drug-likeness (QED) is 0.643. The lowest BCUT2D eigenvalue weighted by molar-refractivity contribution is -0.123. The summed E-state index contributed by atoms with van der Waals surface area (Å²) in [5, 5.41) is 4.67. The SMILES string of the molecule is CC[C@@H](C)/C(C)=N\NC(=O)COc1ccc(Cl)cc1. The lowest BCUT2D eigenvalue weighted by Crippen LogP contribution is -2.26. The predicted molar refractivity (Wildman–Crippen MR) is 77.7 cm³/mol. The van der Waals surface area contributed by atoms with Gasteiger partial charge in [0, 0.05) is 10.7 Å². The molecule has 0 fully saturated rings. The van der Waals surface area contributed by atoms with Crippen molar-refractivity contribution >= 4 is 23.2 Å². The van der Waals surface area contributed by atoms with Gasteiger partial charge in [-0.3, -0.25) is 4.79 Å². The van der Waals surface area contributed by atoms with E-state index in [0.29, 0.717) is 16.7 Å². The first-order valence-corrected chi connectivity index (χ1v) is 6.62. The summed E-state index contributed by atoms with van der Waals surface area (Å²) in [6, 6.07) is 6.84. The lowest BCUT2D eigenvalue weighted by atomic mass is 10.1. The smallest absolute Gasteiger partial charge is 0.277 e. The maximum Gasteiger partial charge on any atom is 0.277 e. The van der Waals surface area contributed by atoms with Crippen LogP contribution in [0.15, 0.2) is 29.4 Å². The van der Waals surface area contributed by atoms with Crippen LogP contribution in [-0.4, -0.2) is 18.2 Å². The highest BCUT2D eigenvalue weighted by molar-refractivity contribution is 6.30. The Morgan fingerprint density at radius 3 is 2.63 bits per heavy atom. The first-order chi connectivity index (χ1) is 9.02. The molecule has 0 saturated carbocycles. The Bertz CT molecular complexity index is 443. The van der Waals surface area contributed by atoms with Gasteiger partial charge in [0.25, 0.3) is 5.91 Å². The van der Waals surface area contributed by atoms with E-state index in [2.05, 4.69) is 24.4 Å². The first kappa shape index (κ1) is 15.5. The summed E-state index contributed by atoms with van der Waals surface area (Å²) in [6.07, 6.45) is 0.993. The van der Waals surface area contributed by atoms with Gasteiger partial charge in [-0.05, 0) is 43.5 Å². The fraction of sp³-hybridized carbons (Fsp3) is 0.429. The minimum atomic E-state index is -0.280. The Morgan fingerprint density at radius 1 is 1.42 bits per heavy atom. The number of hydrogen-bond donors (Lipinski definition) is 1. The van der Waals surface area contributed by atoms with E-state index in [0.717, 1.165) is 12.1 Å². The Labute approximate surface area is 118 Å². The van der Waals surface area contributed by atoms with E-state index in [-0.39, 0.29) is 12.5 Å². The number of amides is 1. The van der Waals surface area contributed by atoms with Crippen molar-refractivity contribution in [1.29, 1.82) is 0 Å². The van der Waals surface area contributed by atoms with Gasteiger partial charge in [-0.2, -0.15) is 5.10 Å². The van der Waals surface area contributed by atoms with Crippen molar-refractivity contribution in [2.45, 2.75) is 27.2 Å². The molecule has 0 aromatic heterocycles. The molecule has 0 unspecified atom stereocenters. The normalized spacial score (nSPS) is 12.9. The van der Waals surface area contributed by atoms with Gasteiger partial charge < -0.3 is 4.74 Å². The van der Waals surface area contributed by atoms with E-state index in [4.69, 9.17) is 16.3 Å². The highest BCUT2D eigenvalue weighted by atomic mass is 35.5. The predicted octanol–water partition coefficient (Wildman–Crippen LogP) is 3.26. The van der Waals surface area contributed by atoms with Crippen molar-refractivity contribution in [2.75, 3.05) is 6.61 Å². The minimum Gasteiger partial charge on any atom is -0.484 e. The van der Waals surface area contributed by atoms with Crippen molar-refractivity contribution in [1.82, 2.24) is 5.43 Å². The number of carbonyl (C=O) groups is 1. The third-order valence-corrected chi connectivity index (χ3v) is 3.12. The number of benzene rings is 1.